The monoisotopic (exact) mass is 396 g/mol. The van der Waals surface area contributed by atoms with Crippen LogP contribution in [0.1, 0.15) is 46.6 Å². The number of ether oxygens (including phenoxy) is 1. The van der Waals surface area contributed by atoms with E-state index in [1.54, 1.807) is 38.0 Å². The highest BCUT2D eigenvalue weighted by Gasteiger charge is 2.24. The summed E-state index contributed by atoms with van der Waals surface area (Å²) in [5.41, 5.74) is -0.423. The molecule has 4 N–H and O–H groups in total. The molecule has 1 amide bonds. The number of amides is 1. The number of aryl methyl sites for hydroxylation is 1. The first kappa shape index (κ1) is 23.7. The summed E-state index contributed by atoms with van der Waals surface area (Å²) < 4.78 is 6.63. The van der Waals surface area contributed by atoms with Crippen LogP contribution in [0.5, 0.6) is 0 Å². The predicted molar refractivity (Wildman–Crippen MR) is 110 cm³/mol. The Balaban J connectivity index is 2.74. The van der Waals surface area contributed by atoms with Crippen molar-refractivity contribution < 1.29 is 14.6 Å². The van der Waals surface area contributed by atoms with E-state index in [9.17, 15) is 9.90 Å². The third-order valence-electron chi connectivity index (χ3n) is 4.09. The smallest absolute Gasteiger partial charge is 0.407 e. The van der Waals surface area contributed by atoms with Gasteiger partial charge < -0.3 is 25.8 Å². The SMILES string of the molecule is CCNC(=NCC(C)(O)c1cnn(C)c1)NCC(CC(C)C)NC(=O)OCC. The summed E-state index contributed by atoms with van der Waals surface area (Å²) in [7, 11) is 1.81. The lowest BCUT2D eigenvalue weighted by Gasteiger charge is -2.23. The number of hydrogen-bond acceptors (Lipinski definition) is 5. The Morgan fingerprint density at radius 2 is 2.11 bits per heavy atom. The Morgan fingerprint density at radius 3 is 2.64 bits per heavy atom. The first-order chi connectivity index (χ1) is 13.2. The van der Waals surface area contributed by atoms with Crippen LogP contribution in [-0.2, 0) is 17.4 Å². The van der Waals surface area contributed by atoms with Crippen molar-refractivity contribution in [1.82, 2.24) is 25.7 Å². The number of nitrogens with one attached hydrogen (secondary N) is 3. The second-order valence-corrected chi connectivity index (χ2v) is 7.44. The van der Waals surface area contributed by atoms with Gasteiger partial charge in [0.1, 0.15) is 5.60 Å². The van der Waals surface area contributed by atoms with Gasteiger partial charge in [0, 0.05) is 37.9 Å². The third kappa shape index (κ3) is 8.60. The minimum atomic E-state index is -1.13. The second kappa shape index (κ2) is 11.5. The van der Waals surface area contributed by atoms with Crippen LogP contribution in [0.4, 0.5) is 4.79 Å². The molecule has 0 aliphatic heterocycles. The number of aromatic nitrogens is 2. The summed E-state index contributed by atoms with van der Waals surface area (Å²) in [5.74, 6) is 0.991. The summed E-state index contributed by atoms with van der Waals surface area (Å²) >= 11 is 0. The van der Waals surface area contributed by atoms with Crippen molar-refractivity contribution in [2.75, 3.05) is 26.2 Å². The molecule has 9 heteroatoms. The molecule has 1 aromatic rings. The van der Waals surface area contributed by atoms with Crippen LogP contribution in [0.2, 0.25) is 0 Å². The van der Waals surface area contributed by atoms with Gasteiger partial charge in [-0.2, -0.15) is 5.10 Å². The van der Waals surface area contributed by atoms with Gasteiger partial charge in [-0.1, -0.05) is 13.8 Å². The molecule has 0 radical (unpaired) electrons. The van der Waals surface area contributed by atoms with Gasteiger partial charge in [0.25, 0.3) is 0 Å². The minimum Gasteiger partial charge on any atom is -0.450 e. The Labute approximate surface area is 167 Å². The molecule has 2 unspecified atom stereocenters. The van der Waals surface area contributed by atoms with Gasteiger partial charge in [-0.3, -0.25) is 4.68 Å². The number of nitrogens with zero attached hydrogens (tertiary/aromatic N) is 3. The summed E-state index contributed by atoms with van der Waals surface area (Å²) in [6, 6.07) is -0.0956. The summed E-state index contributed by atoms with van der Waals surface area (Å²) in [6.07, 6.45) is 3.80. The number of guanidine groups is 1. The zero-order chi connectivity index (χ0) is 21.2. The molecule has 28 heavy (non-hydrogen) atoms. The first-order valence-electron chi connectivity index (χ1n) is 9.84. The minimum absolute atomic E-state index is 0.0956. The number of carbonyl (C=O) groups is 1. The lowest BCUT2D eigenvalue weighted by molar-refractivity contribution is 0.0672. The van der Waals surface area contributed by atoms with Gasteiger partial charge in [0.15, 0.2) is 5.96 Å². The van der Waals surface area contributed by atoms with Crippen molar-refractivity contribution in [2.45, 2.75) is 52.7 Å². The molecule has 0 saturated heterocycles. The third-order valence-corrected chi connectivity index (χ3v) is 4.09. The van der Waals surface area contributed by atoms with E-state index in [2.05, 4.69) is 39.9 Å². The molecule has 0 fully saturated rings. The molecule has 1 aromatic heterocycles. The molecule has 0 saturated carbocycles. The van der Waals surface area contributed by atoms with E-state index in [0.29, 0.717) is 37.1 Å². The van der Waals surface area contributed by atoms with Crippen LogP contribution in [0.25, 0.3) is 0 Å². The lowest BCUT2D eigenvalue weighted by atomic mass is 10.0. The van der Waals surface area contributed by atoms with Crippen LogP contribution >= 0.6 is 0 Å². The standard InChI is InChI=1S/C19H36N6O3/c1-7-20-17(22-13-19(5,27)15-10-23-25(6)12-15)21-11-16(9-14(3)4)24-18(26)28-8-2/h10,12,14,16,27H,7-9,11,13H2,1-6H3,(H,24,26)(H2,20,21,22). The maximum absolute atomic E-state index is 11.8. The average Bonchev–Trinajstić information content (AvgIpc) is 3.04. The number of alkyl carbamates (subject to hydrolysis) is 1. The van der Waals surface area contributed by atoms with Crippen molar-refractivity contribution in [1.29, 1.82) is 0 Å². The van der Waals surface area contributed by atoms with Crippen molar-refractivity contribution in [2.24, 2.45) is 18.0 Å². The largest absolute Gasteiger partial charge is 0.450 e. The molecule has 2 atom stereocenters. The van der Waals surface area contributed by atoms with Gasteiger partial charge in [-0.05, 0) is 33.1 Å². The van der Waals surface area contributed by atoms with Crippen molar-refractivity contribution in [3.63, 3.8) is 0 Å². The average molecular weight is 397 g/mol. The van der Waals surface area contributed by atoms with E-state index in [4.69, 9.17) is 4.74 Å². The molecule has 1 rings (SSSR count). The Kier molecular flexibility index (Phi) is 9.78. The van der Waals surface area contributed by atoms with Crippen molar-refractivity contribution in [3.05, 3.63) is 18.0 Å². The fourth-order valence-electron chi connectivity index (χ4n) is 2.69. The molecular formula is C19H36N6O3. The van der Waals surface area contributed by atoms with Crippen LogP contribution < -0.4 is 16.0 Å². The molecule has 9 nitrogen and oxygen atoms in total. The van der Waals surface area contributed by atoms with Crippen molar-refractivity contribution in [3.8, 4) is 0 Å². The van der Waals surface area contributed by atoms with Gasteiger partial charge in [-0.15, -0.1) is 0 Å². The van der Waals surface area contributed by atoms with Crippen LogP contribution in [0.3, 0.4) is 0 Å². The molecule has 0 bridgehead atoms. The van der Waals surface area contributed by atoms with Crippen LogP contribution in [-0.4, -0.2) is 59.2 Å². The second-order valence-electron chi connectivity index (χ2n) is 7.44. The van der Waals surface area contributed by atoms with Gasteiger partial charge in [-0.25, -0.2) is 9.79 Å². The molecule has 160 valence electrons. The Bertz CT molecular complexity index is 627. The Morgan fingerprint density at radius 1 is 1.39 bits per heavy atom. The van der Waals surface area contributed by atoms with E-state index < -0.39 is 11.7 Å². The molecule has 0 aliphatic carbocycles. The van der Waals surface area contributed by atoms with E-state index in [1.165, 1.54) is 0 Å². The van der Waals surface area contributed by atoms with E-state index in [0.717, 1.165) is 6.42 Å². The fourth-order valence-corrected chi connectivity index (χ4v) is 2.69. The Hall–Kier alpha value is -2.29. The van der Waals surface area contributed by atoms with Crippen LogP contribution in [0.15, 0.2) is 17.4 Å². The number of rotatable bonds is 10. The molecule has 0 spiro atoms. The predicted octanol–water partition coefficient (Wildman–Crippen LogP) is 1.34. The van der Waals surface area contributed by atoms with E-state index in [-0.39, 0.29) is 12.6 Å². The van der Waals surface area contributed by atoms with Gasteiger partial charge >= 0.3 is 6.09 Å². The highest BCUT2D eigenvalue weighted by Crippen LogP contribution is 2.19. The normalized spacial score (nSPS) is 15.1. The molecule has 1 heterocycles. The summed E-state index contributed by atoms with van der Waals surface area (Å²) in [6.45, 7) is 11.3. The summed E-state index contributed by atoms with van der Waals surface area (Å²) in [5, 5.41) is 24.1. The summed E-state index contributed by atoms with van der Waals surface area (Å²) in [4.78, 5) is 16.3. The number of carbonyl (C=O) groups excluding carboxylic acids is 1. The molecule has 0 aliphatic rings. The zero-order valence-corrected chi connectivity index (χ0v) is 18.0. The lowest BCUT2D eigenvalue weighted by Crippen LogP contribution is -2.48. The highest BCUT2D eigenvalue weighted by atomic mass is 16.5. The quantitative estimate of drug-likeness (QED) is 0.351. The number of aliphatic hydroxyl groups is 1. The number of hydrogen-bond donors (Lipinski definition) is 4. The fraction of sp³-hybridized carbons (Fsp3) is 0.737. The maximum atomic E-state index is 11.8. The first-order valence-corrected chi connectivity index (χ1v) is 9.84. The topological polar surface area (TPSA) is 113 Å². The molecule has 0 aromatic carbocycles. The van der Waals surface area contributed by atoms with Crippen molar-refractivity contribution >= 4 is 12.1 Å². The van der Waals surface area contributed by atoms with Crippen LogP contribution in [0, 0.1) is 5.92 Å². The zero-order valence-electron chi connectivity index (χ0n) is 18.0. The molecular weight excluding hydrogens is 360 g/mol. The van der Waals surface area contributed by atoms with E-state index >= 15 is 0 Å². The van der Waals surface area contributed by atoms with E-state index in [1.807, 2.05) is 6.92 Å². The maximum Gasteiger partial charge on any atom is 0.407 e. The van der Waals surface area contributed by atoms with Gasteiger partial charge in [0.05, 0.1) is 19.3 Å². The number of aliphatic imine (C=N–C) groups is 1. The highest BCUT2D eigenvalue weighted by molar-refractivity contribution is 5.80. The van der Waals surface area contributed by atoms with Gasteiger partial charge in [0.2, 0.25) is 0 Å².